The molecule has 0 radical (unpaired) electrons. The third-order valence-electron chi connectivity index (χ3n) is 0.891. The smallest absolute Gasteiger partial charge is 0.0869 e. The molecule has 0 aromatic rings. The highest BCUT2D eigenvalue weighted by Gasteiger charge is 1.86. The van der Waals surface area contributed by atoms with Gasteiger partial charge in [-0.1, -0.05) is 18.2 Å². The molecule has 0 unspecified atom stereocenters. The lowest BCUT2D eigenvalue weighted by atomic mass is 10.3. The van der Waals surface area contributed by atoms with Crippen molar-refractivity contribution in [2.45, 2.75) is 26.2 Å². The van der Waals surface area contributed by atoms with Gasteiger partial charge in [0, 0.05) is 6.42 Å². The second kappa shape index (κ2) is 5.49. The van der Waals surface area contributed by atoms with E-state index in [4.69, 9.17) is 6.57 Å². The van der Waals surface area contributed by atoms with Crippen LogP contribution in [0.4, 0.5) is 0 Å². The standard InChI is InChI=1S/C6H12N/c1-3-4-5-6-7-2/h2H,3-6H2,1H3/q+1. The minimum absolute atomic E-state index is 0.827. The van der Waals surface area contributed by atoms with Gasteiger partial charge in [0.05, 0.1) is 0 Å². The second-order valence-electron chi connectivity index (χ2n) is 1.61. The van der Waals surface area contributed by atoms with Crippen LogP contribution in [0.3, 0.4) is 0 Å². The number of hydrogen-bond donors (Lipinski definition) is 0. The first kappa shape index (κ1) is 6.49. The van der Waals surface area contributed by atoms with E-state index in [2.05, 4.69) is 11.8 Å². The molecule has 0 aromatic carbocycles. The van der Waals surface area contributed by atoms with E-state index in [0.717, 1.165) is 13.0 Å². The van der Waals surface area contributed by atoms with Gasteiger partial charge in [-0.3, -0.25) is 0 Å². The van der Waals surface area contributed by atoms with Gasteiger partial charge in [0.1, 0.15) is 0 Å². The van der Waals surface area contributed by atoms with Crippen LogP contribution in [0.25, 0.3) is 4.85 Å². The molecule has 0 fully saturated rings. The molecule has 1 nitrogen and oxygen atoms in total. The van der Waals surface area contributed by atoms with Gasteiger partial charge in [-0.2, -0.15) is 0 Å². The molecule has 0 rings (SSSR count). The molecule has 0 atom stereocenters. The summed E-state index contributed by atoms with van der Waals surface area (Å²) in [5.41, 5.74) is 0. The van der Waals surface area contributed by atoms with E-state index in [1.165, 1.54) is 12.8 Å². The van der Waals surface area contributed by atoms with Crippen LogP contribution in [-0.4, -0.2) is 6.54 Å². The Morgan fingerprint density at radius 3 is 2.57 bits per heavy atom. The molecule has 0 saturated heterocycles. The summed E-state index contributed by atoms with van der Waals surface area (Å²) in [6.07, 6.45) is 3.64. The maximum Gasteiger partial charge on any atom is 0.263 e. The van der Waals surface area contributed by atoms with Crippen LogP contribution in [-0.2, 0) is 0 Å². The lowest BCUT2D eigenvalue weighted by Gasteiger charge is -1.80. The Kier molecular flexibility index (Phi) is 5.09. The summed E-state index contributed by atoms with van der Waals surface area (Å²) in [6.45, 7) is 7.88. The molecule has 0 amide bonds. The Labute approximate surface area is 45.2 Å². The maximum absolute atomic E-state index is 4.89. The molecule has 0 saturated carbocycles. The minimum Gasteiger partial charge on any atom is -0.0869 e. The van der Waals surface area contributed by atoms with E-state index < -0.39 is 0 Å². The Bertz CT molecular complexity index is 61.1. The quantitative estimate of drug-likeness (QED) is 0.476. The fourth-order valence-electron chi connectivity index (χ4n) is 0.453. The van der Waals surface area contributed by atoms with Crippen LogP contribution < -0.4 is 0 Å². The zero-order chi connectivity index (χ0) is 5.54. The number of hydrogen-bond acceptors (Lipinski definition) is 0. The lowest BCUT2D eigenvalue weighted by molar-refractivity contribution is 0.758. The topological polar surface area (TPSA) is 4.36 Å². The van der Waals surface area contributed by atoms with Crippen LogP contribution in [0.2, 0.25) is 0 Å². The summed E-state index contributed by atoms with van der Waals surface area (Å²) in [7, 11) is 0. The molecular weight excluding hydrogens is 86.1 g/mol. The van der Waals surface area contributed by atoms with Crippen molar-refractivity contribution in [3.05, 3.63) is 4.85 Å². The second-order valence-corrected chi connectivity index (χ2v) is 1.61. The molecule has 1 heteroatoms. The summed E-state index contributed by atoms with van der Waals surface area (Å²) >= 11 is 0. The zero-order valence-electron chi connectivity index (χ0n) is 4.85. The SMILES string of the molecule is C#[N+]CCCCC. The van der Waals surface area contributed by atoms with Crippen molar-refractivity contribution in [2.75, 3.05) is 6.54 Å². The molecular formula is C6H12N+. The normalized spacial score (nSPS) is 8.00. The Hall–Kier alpha value is -0.510. The van der Waals surface area contributed by atoms with E-state index in [1.807, 2.05) is 0 Å². The number of rotatable bonds is 3. The number of nitrogens with zero attached hydrogens (tertiary/aromatic N) is 1. The van der Waals surface area contributed by atoms with Gasteiger partial charge in [0.2, 0.25) is 0 Å². The van der Waals surface area contributed by atoms with Crippen molar-refractivity contribution in [1.82, 2.24) is 0 Å². The van der Waals surface area contributed by atoms with E-state index >= 15 is 0 Å². The molecule has 0 heterocycles. The van der Waals surface area contributed by atoms with Gasteiger partial charge in [-0.15, -0.1) is 0 Å². The minimum atomic E-state index is 0.827. The van der Waals surface area contributed by atoms with E-state index in [1.54, 1.807) is 0 Å². The molecule has 0 aliphatic heterocycles. The van der Waals surface area contributed by atoms with Crippen molar-refractivity contribution < 1.29 is 0 Å². The third-order valence-corrected chi connectivity index (χ3v) is 0.891. The molecule has 0 spiro atoms. The van der Waals surface area contributed by atoms with Crippen LogP contribution in [0, 0.1) is 6.57 Å². The largest absolute Gasteiger partial charge is 0.263 e. The molecule has 0 bridgehead atoms. The average molecular weight is 98.2 g/mol. The van der Waals surface area contributed by atoms with Crippen LogP contribution >= 0.6 is 0 Å². The van der Waals surface area contributed by atoms with Gasteiger partial charge in [-0.05, 0) is 6.42 Å². The van der Waals surface area contributed by atoms with Crippen molar-refractivity contribution in [2.24, 2.45) is 0 Å². The highest BCUT2D eigenvalue weighted by Crippen LogP contribution is 1.92. The van der Waals surface area contributed by atoms with Crippen molar-refractivity contribution in [3.8, 4) is 6.57 Å². The first-order valence-electron chi connectivity index (χ1n) is 2.78. The highest BCUT2D eigenvalue weighted by molar-refractivity contribution is 4.64. The van der Waals surface area contributed by atoms with Crippen molar-refractivity contribution in [1.29, 1.82) is 0 Å². The van der Waals surface area contributed by atoms with E-state index in [9.17, 15) is 0 Å². The highest BCUT2D eigenvalue weighted by atomic mass is 14.6. The molecule has 0 aliphatic rings. The summed E-state index contributed by atoms with van der Waals surface area (Å²) in [5.74, 6) is 0. The predicted molar refractivity (Wildman–Crippen MR) is 32.7 cm³/mol. The summed E-state index contributed by atoms with van der Waals surface area (Å²) in [6, 6.07) is 0. The fourth-order valence-corrected chi connectivity index (χ4v) is 0.453. The molecule has 0 aliphatic carbocycles. The summed E-state index contributed by atoms with van der Waals surface area (Å²) in [4.78, 5) is 3.47. The van der Waals surface area contributed by atoms with Crippen LogP contribution in [0.15, 0.2) is 0 Å². The predicted octanol–water partition coefficient (Wildman–Crippen LogP) is 2.14. The lowest BCUT2D eigenvalue weighted by Crippen LogP contribution is -1.74. The van der Waals surface area contributed by atoms with Gasteiger partial charge < -0.3 is 0 Å². The van der Waals surface area contributed by atoms with Gasteiger partial charge >= 0.3 is 0 Å². The molecule has 0 N–H and O–H groups in total. The van der Waals surface area contributed by atoms with Crippen LogP contribution in [0.1, 0.15) is 26.2 Å². The third kappa shape index (κ3) is 5.49. The van der Waals surface area contributed by atoms with E-state index in [-0.39, 0.29) is 0 Å². The van der Waals surface area contributed by atoms with Crippen LogP contribution in [0.5, 0.6) is 0 Å². The maximum atomic E-state index is 4.89. The van der Waals surface area contributed by atoms with Gasteiger partial charge in [0.15, 0.2) is 0 Å². The Morgan fingerprint density at radius 1 is 1.43 bits per heavy atom. The molecule has 7 heavy (non-hydrogen) atoms. The molecule has 40 valence electrons. The Balaban J connectivity index is 2.60. The number of unbranched alkanes of at least 4 members (excludes halogenated alkanes) is 2. The molecule has 0 aromatic heterocycles. The van der Waals surface area contributed by atoms with Gasteiger partial charge in [0.25, 0.3) is 13.1 Å². The first-order chi connectivity index (χ1) is 3.41. The zero-order valence-corrected chi connectivity index (χ0v) is 4.85. The first-order valence-corrected chi connectivity index (χ1v) is 2.78. The average Bonchev–Trinajstić information content (AvgIpc) is 1.69. The van der Waals surface area contributed by atoms with Gasteiger partial charge in [-0.25, -0.2) is 0 Å². The van der Waals surface area contributed by atoms with E-state index in [0.29, 0.717) is 0 Å². The summed E-state index contributed by atoms with van der Waals surface area (Å²) < 4.78 is 0. The van der Waals surface area contributed by atoms with Crippen molar-refractivity contribution >= 4 is 0 Å². The summed E-state index contributed by atoms with van der Waals surface area (Å²) in [5, 5.41) is 0. The Morgan fingerprint density at radius 2 is 2.14 bits per heavy atom. The fraction of sp³-hybridized carbons (Fsp3) is 0.833. The monoisotopic (exact) mass is 98.1 g/mol. The van der Waals surface area contributed by atoms with Crippen molar-refractivity contribution in [3.63, 3.8) is 0 Å².